The lowest BCUT2D eigenvalue weighted by Gasteiger charge is -2.23. The lowest BCUT2D eigenvalue weighted by molar-refractivity contribution is 0.315. The minimum atomic E-state index is -3.50. The Hall–Kier alpha value is -0.100. The van der Waals surface area contributed by atoms with Crippen LogP contribution in [-0.4, -0.2) is 25.8 Å². The minimum absolute atomic E-state index is 0.196. The van der Waals surface area contributed by atoms with Crippen molar-refractivity contribution in [3.63, 3.8) is 0 Å². The van der Waals surface area contributed by atoms with Gasteiger partial charge in [0.15, 0.2) is 0 Å². The van der Waals surface area contributed by atoms with E-state index in [1.54, 1.807) is 22.5 Å². The van der Waals surface area contributed by atoms with Crippen LogP contribution < -0.4 is 0 Å². The molecule has 20 heavy (non-hydrogen) atoms. The minimum Gasteiger partial charge on any atom is -0.207 e. The molecule has 0 aromatic heterocycles. The lowest BCUT2D eigenvalue weighted by atomic mass is 9.85. The van der Waals surface area contributed by atoms with Crippen molar-refractivity contribution in [1.82, 2.24) is 4.31 Å². The summed E-state index contributed by atoms with van der Waals surface area (Å²) in [5.41, 5.74) is 0.202. The Balaban J connectivity index is 2.30. The molecule has 0 amide bonds. The zero-order valence-electron chi connectivity index (χ0n) is 11.7. The van der Waals surface area contributed by atoms with Crippen LogP contribution in [0.1, 0.15) is 33.1 Å². The summed E-state index contributed by atoms with van der Waals surface area (Å²) in [4.78, 5) is 0.196. The molecular formula is C14H19BrClNO2S. The van der Waals surface area contributed by atoms with Gasteiger partial charge in [-0.2, -0.15) is 4.31 Å². The van der Waals surface area contributed by atoms with Crippen LogP contribution in [0.15, 0.2) is 27.6 Å². The Bertz CT molecular complexity index is 601. The van der Waals surface area contributed by atoms with E-state index in [4.69, 9.17) is 11.6 Å². The van der Waals surface area contributed by atoms with Gasteiger partial charge in [0.2, 0.25) is 10.0 Å². The van der Waals surface area contributed by atoms with Crippen LogP contribution in [0.4, 0.5) is 0 Å². The third-order valence-corrected chi connectivity index (χ3v) is 6.69. The predicted molar refractivity (Wildman–Crippen MR) is 85.5 cm³/mol. The Morgan fingerprint density at radius 2 is 1.95 bits per heavy atom. The summed E-state index contributed by atoms with van der Waals surface area (Å²) in [6.07, 6.45) is 2.81. The fraction of sp³-hybridized carbons (Fsp3) is 0.571. The summed E-state index contributed by atoms with van der Waals surface area (Å²) in [6.45, 7) is 5.51. The van der Waals surface area contributed by atoms with E-state index in [1.165, 1.54) is 0 Å². The molecule has 1 heterocycles. The molecule has 1 aliphatic rings. The van der Waals surface area contributed by atoms with E-state index in [0.717, 1.165) is 23.7 Å². The fourth-order valence-electron chi connectivity index (χ4n) is 2.46. The third kappa shape index (κ3) is 3.56. The van der Waals surface area contributed by atoms with Gasteiger partial charge in [-0.05, 0) is 42.9 Å². The van der Waals surface area contributed by atoms with Gasteiger partial charge in [-0.1, -0.05) is 41.4 Å². The van der Waals surface area contributed by atoms with Crippen molar-refractivity contribution < 1.29 is 8.42 Å². The molecule has 1 saturated heterocycles. The van der Waals surface area contributed by atoms with Gasteiger partial charge >= 0.3 is 0 Å². The quantitative estimate of drug-likeness (QED) is 0.767. The molecule has 0 atom stereocenters. The second-order valence-corrected chi connectivity index (χ2v) is 9.23. The molecule has 0 saturated carbocycles. The first-order chi connectivity index (χ1) is 9.22. The summed E-state index contributed by atoms with van der Waals surface area (Å²) in [5.74, 6) is 0. The molecule has 6 heteroatoms. The summed E-state index contributed by atoms with van der Waals surface area (Å²) in [6, 6.07) is 4.90. The number of hydrogen-bond acceptors (Lipinski definition) is 2. The van der Waals surface area contributed by atoms with Crippen molar-refractivity contribution >= 4 is 37.6 Å². The first-order valence-corrected chi connectivity index (χ1v) is 9.29. The predicted octanol–water partition coefficient (Wildman–Crippen LogP) is 4.30. The van der Waals surface area contributed by atoms with Crippen LogP contribution in [0, 0.1) is 5.41 Å². The van der Waals surface area contributed by atoms with Crippen molar-refractivity contribution in [2.45, 2.75) is 38.0 Å². The first-order valence-electron chi connectivity index (χ1n) is 6.68. The summed E-state index contributed by atoms with van der Waals surface area (Å²) < 4.78 is 27.8. The molecule has 112 valence electrons. The molecule has 1 aromatic rings. The van der Waals surface area contributed by atoms with Crippen LogP contribution >= 0.6 is 27.5 Å². The highest BCUT2D eigenvalue weighted by molar-refractivity contribution is 9.10. The molecule has 0 aliphatic carbocycles. The zero-order chi connectivity index (χ0) is 15.0. The van der Waals surface area contributed by atoms with Gasteiger partial charge in [0.05, 0.1) is 5.02 Å². The average Bonchev–Trinajstić information content (AvgIpc) is 2.50. The van der Waals surface area contributed by atoms with E-state index in [9.17, 15) is 8.42 Å². The average molecular weight is 381 g/mol. The largest absolute Gasteiger partial charge is 0.244 e. The number of rotatable bonds is 2. The van der Waals surface area contributed by atoms with Gasteiger partial charge in [-0.15, -0.1) is 0 Å². The number of halogens is 2. The molecule has 3 nitrogen and oxygen atoms in total. The van der Waals surface area contributed by atoms with E-state index in [2.05, 4.69) is 29.8 Å². The van der Waals surface area contributed by atoms with Gasteiger partial charge in [-0.25, -0.2) is 8.42 Å². The van der Waals surface area contributed by atoms with Crippen LogP contribution in [0.3, 0.4) is 0 Å². The molecule has 1 fully saturated rings. The molecule has 0 radical (unpaired) electrons. The molecule has 1 aliphatic heterocycles. The number of hydrogen-bond donors (Lipinski definition) is 0. The van der Waals surface area contributed by atoms with Crippen molar-refractivity contribution in [2.75, 3.05) is 13.1 Å². The van der Waals surface area contributed by atoms with Crippen LogP contribution in [0.5, 0.6) is 0 Å². The SMILES string of the molecule is CC1(C)CCCN(S(=O)(=O)c2ccc(Br)cc2Cl)CC1. The molecular weight excluding hydrogens is 362 g/mol. The third-order valence-electron chi connectivity index (χ3n) is 3.81. The summed E-state index contributed by atoms with van der Waals surface area (Å²) >= 11 is 9.39. The van der Waals surface area contributed by atoms with E-state index >= 15 is 0 Å². The lowest BCUT2D eigenvalue weighted by Crippen LogP contribution is -2.32. The van der Waals surface area contributed by atoms with Crippen molar-refractivity contribution in [3.05, 3.63) is 27.7 Å². The first kappa shape index (κ1) is 16.3. The monoisotopic (exact) mass is 379 g/mol. The highest BCUT2D eigenvalue weighted by Gasteiger charge is 2.31. The number of sulfonamides is 1. The number of benzene rings is 1. The maximum atomic E-state index is 12.7. The van der Waals surface area contributed by atoms with Gasteiger partial charge in [0, 0.05) is 17.6 Å². The van der Waals surface area contributed by atoms with Gasteiger partial charge in [0.25, 0.3) is 0 Å². The normalized spacial score (nSPS) is 20.6. The standard InChI is InChI=1S/C14H19BrClNO2S/c1-14(2)6-3-8-17(9-7-14)20(18,19)13-5-4-11(15)10-12(13)16/h4-5,10H,3,6-9H2,1-2H3. The van der Waals surface area contributed by atoms with Crippen LogP contribution in [0.2, 0.25) is 5.02 Å². The van der Waals surface area contributed by atoms with Gasteiger partial charge in [0.1, 0.15) is 4.90 Å². The highest BCUT2D eigenvalue weighted by atomic mass is 79.9. The van der Waals surface area contributed by atoms with E-state index in [0.29, 0.717) is 13.1 Å². The highest BCUT2D eigenvalue weighted by Crippen LogP contribution is 2.33. The van der Waals surface area contributed by atoms with E-state index < -0.39 is 10.0 Å². The van der Waals surface area contributed by atoms with Crippen LogP contribution in [0.25, 0.3) is 0 Å². The maximum absolute atomic E-state index is 12.7. The second-order valence-electron chi connectivity index (χ2n) is 6.00. The van der Waals surface area contributed by atoms with E-state index in [1.807, 2.05) is 0 Å². The topological polar surface area (TPSA) is 37.4 Å². The molecule has 2 rings (SSSR count). The van der Waals surface area contributed by atoms with Gasteiger partial charge in [-0.3, -0.25) is 0 Å². The summed E-state index contributed by atoms with van der Waals surface area (Å²) in [5, 5.41) is 0.267. The fourth-order valence-corrected chi connectivity index (χ4v) is 4.95. The van der Waals surface area contributed by atoms with Crippen LogP contribution in [-0.2, 0) is 10.0 Å². The maximum Gasteiger partial charge on any atom is 0.244 e. The van der Waals surface area contributed by atoms with E-state index in [-0.39, 0.29) is 15.3 Å². The second kappa shape index (κ2) is 5.95. The molecule has 0 N–H and O–H groups in total. The van der Waals surface area contributed by atoms with Gasteiger partial charge < -0.3 is 0 Å². The van der Waals surface area contributed by atoms with Crippen molar-refractivity contribution in [2.24, 2.45) is 5.41 Å². The Kier molecular flexibility index (Phi) is 4.84. The molecule has 0 bridgehead atoms. The smallest absolute Gasteiger partial charge is 0.207 e. The molecule has 0 spiro atoms. The molecule has 1 aromatic carbocycles. The Morgan fingerprint density at radius 3 is 2.60 bits per heavy atom. The zero-order valence-corrected chi connectivity index (χ0v) is 14.9. The Morgan fingerprint density at radius 1 is 1.25 bits per heavy atom. The van der Waals surface area contributed by atoms with Crippen molar-refractivity contribution in [3.8, 4) is 0 Å². The Labute approximate surface area is 134 Å². The molecule has 0 unspecified atom stereocenters. The van der Waals surface area contributed by atoms with Crippen molar-refractivity contribution in [1.29, 1.82) is 0 Å². The number of nitrogens with zero attached hydrogens (tertiary/aromatic N) is 1. The summed E-state index contributed by atoms with van der Waals surface area (Å²) in [7, 11) is -3.50.